The Morgan fingerprint density at radius 1 is 0.475 bits per heavy atom. The largest absolute Gasteiger partial charge is 0.253 e. The fourth-order valence-corrected chi connectivity index (χ4v) is 8.09. The number of aliphatic imine (C=N–C) groups is 1. The third-order valence-electron chi connectivity index (χ3n) is 11.5. The van der Waals surface area contributed by atoms with Crippen LogP contribution in [-0.2, 0) is 12.8 Å². The van der Waals surface area contributed by atoms with E-state index in [1.54, 1.807) is 0 Å². The SMILES string of the molecule is CC(C)c1ccccc1.CC/C=C(\C)N=C(c1ccccc1)c1ccccc1C.CCc1ccccc1-c1cc(C)c(-c2c(C)ccc(CC)c2-c2ccccc2C)cc1C. The highest BCUT2D eigenvalue weighted by molar-refractivity contribution is 6.14. The van der Waals surface area contributed by atoms with Crippen LogP contribution < -0.4 is 0 Å². The standard InChI is InChI=1S/C32H34.C19H21N.C9H12/c1-7-25-14-10-12-16-28(25)29-19-24(6)30(20-23(29)5)31-22(4)17-18-26(8-2)32(31)27-15-11-9-13-21(27)3;1-4-10-16(3)20-19(17-12-6-5-7-13-17)18-14-9-8-11-15(18)2;1-8(2)9-6-4-3-5-7-9/h9-20H,7-8H2,1-6H3;5-14H,4H2,1-3H3;3-8H,1-2H3/b;16-10+,20-19?;. The van der Waals surface area contributed by atoms with Crippen LogP contribution in [-0.4, -0.2) is 5.71 Å². The molecule has 7 aromatic carbocycles. The summed E-state index contributed by atoms with van der Waals surface area (Å²) < 4.78 is 0. The van der Waals surface area contributed by atoms with Crippen LogP contribution in [0.25, 0.3) is 33.4 Å². The zero-order chi connectivity index (χ0) is 43.9. The second-order valence-corrected chi connectivity index (χ2v) is 16.4. The lowest BCUT2D eigenvalue weighted by molar-refractivity contribution is 0.867. The predicted molar refractivity (Wildman–Crippen MR) is 268 cm³/mol. The Labute approximate surface area is 369 Å². The fraction of sp³-hybridized carbons (Fsp3) is 0.250. The molecule has 312 valence electrons. The van der Waals surface area contributed by atoms with Gasteiger partial charge in [0.2, 0.25) is 0 Å². The Morgan fingerprint density at radius 3 is 1.61 bits per heavy atom. The average Bonchev–Trinajstić information content (AvgIpc) is 3.28. The third kappa shape index (κ3) is 11.8. The van der Waals surface area contributed by atoms with Crippen molar-refractivity contribution in [2.45, 2.75) is 101 Å². The quantitative estimate of drug-likeness (QED) is 0.122. The van der Waals surface area contributed by atoms with E-state index < -0.39 is 0 Å². The van der Waals surface area contributed by atoms with Gasteiger partial charge >= 0.3 is 0 Å². The lowest BCUT2D eigenvalue weighted by Gasteiger charge is -2.22. The van der Waals surface area contributed by atoms with Crippen LogP contribution >= 0.6 is 0 Å². The van der Waals surface area contributed by atoms with Crippen LogP contribution in [0.4, 0.5) is 0 Å². The fourth-order valence-electron chi connectivity index (χ4n) is 8.09. The summed E-state index contributed by atoms with van der Waals surface area (Å²) in [5, 5.41) is 0. The number of hydrogen-bond acceptors (Lipinski definition) is 1. The van der Waals surface area contributed by atoms with Gasteiger partial charge < -0.3 is 0 Å². The minimum atomic E-state index is 0.659. The normalized spacial score (nSPS) is 11.4. The van der Waals surface area contributed by atoms with Crippen molar-refractivity contribution in [3.8, 4) is 33.4 Å². The molecule has 0 aliphatic heterocycles. The first kappa shape index (κ1) is 46.0. The number of benzene rings is 7. The van der Waals surface area contributed by atoms with Crippen LogP contribution in [0.15, 0.2) is 174 Å². The summed E-state index contributed by atoms with van der Waals surface area (Å²) in [7, 11) is 0. The average molecular weight is 802 g/mol. The number of allylic oxidation sites excluding steroid dienone is 2. The molecule has 1 nitrogen and oxygen atoms in total. The van der Waals surface area contributed by atoms with E-state index in [0.717, 1.165) is 36.2 Å². The molecule has 0 bridgehead atoms. The molecule has 0 amide bonds. The molecule has 0 N–H and O–H groups in total. The van der Waals surface area contributed by atoms with Crippen LogP contribution in [0.1, 0.15) is 110 Å². The minimum Gasteiger partial charge on any atom is -0.253 e. The Kier molecular flexibility index (Phi) is 17.0. The maximum absolute atomic E-state index is 4.85. The summed E-state index contributed by atoms with van der Waals surface area (Å²) in [6, 6.07) is 56.4. The molecule has 0 saturated heterocycles. The number of hydrogen-bond donors (Lipinski definition) is 0. The van der Waals surface area contributed by atoms with E-state index in [2.05, 4.69) is 228 Å². The number of aryl methyl sites for hydroxylation is 7. The number of nitrogens with zero attached hydrogens (tertiary/aromatic N) is 1. The van der Waals surface area contributed by atoms with E-state index in [-0.39, 0.29) is 0 Å². The second kappa shape index (κ2) is 22.5. The minimum absolute atomic E-state index is 0.659. The molecular formula is C60H67N. The molecule has 0 unspecified atom stereocenters. The molecule has 0 spiro atoms. The third-order valence-corrected chi connectivity index (χ3v) is 11.5. The Bertz CT molecular complexity index is 2550. The van der Waals surface area contributed by atoms with Crippen LogP contribution in [0.2, 0.25) is 0 Å². The predicted octanol–water partition coefficient (Wildman–Crippen LogP) is 17.0. The summed E-state index contributed by atoms with van der Waals surface area (Å²) >= 11 is 0. The van der Waals surface area contributed by atoms with Crippen molar-refractivity contribution in [1.29, 1.82) is 0 Å². The second-order valence-electron chi connectivity index (χ2n) is 16.4. The van der Waals surface area contributed by atoms with Gasteiger partial charge in [0.25, 0.3) is 0 Å². The van der Waals surface area contributed by atoms with Crippen molar-refractivity contribution >= 4 is 5.71 Å². The smallest absolute Gasteiger partial charge is 0.0779 e. The first-order valence-electron chi connectivity index (χ1n) is 22.3. The summed E-state index contributed by atoms with van der Waals surface area (Å²) in [6.45, 7) is 24.2. The molecule has 0 radical (unpaired) electrons. The summed E-state index contributed by atoms with van der Waals surface area (Å²) in [5.41, 5.74) is 23.5. The lowest BCUT2D eigenvalue weighted by Crippen LogP contribution is -2.05. The van der Waals surface area contributed by atoms with Gasteiger partial charge in [0.05, 0.1) is 5.71 Å². The van der Waals surface area contributed by atoms with Crippen molar-refractivity contribution in [1.82, 2.24) is 0 Å². The van der Waals surface area contributed by atoms with Gasteiger partial charge in [0.1, 0.15) is 0 Å². The molecule has 61 heavy (non-hydrogen) atoms. The van der Waals surface area contributed by atoms with Crippen LogP contribution in [0.3, 0.4) is 0 Å². The van der Waals surface area contributed by atoms with E-state index in [0.29, 0.717) is 5.92 Å². The Hall–Kier alpha value is -6.05. The van der Waals surface area contributed by atoms with Gasteiger partial charge in [-0.15, -0.1) is 0 Å². The Morgan fingerprint density at radius 2 is 1.02 bits per heavy atom. The monoisotopic (exact) mass is 802 g/mol. The van der Waals surface area contributed by atoms with Gasteiger partial charge in [-0.25, -0.2) is 0 Å². The van der Waals surface area contributed by atoms with Gasteiger partial charge in [-0.2, -0.15) is 0 Å². The maximum Gasteiger partial charge on any atom is 0.0779 e. The maximum atomic E-state index is 4.85. The van der Waals surface area contributed by atoms with E-state index in [1.165, 1.54) is 83.5 Å². The topological polar surface area (TPSA) is 12.4 Å². The first-order valence-corrected chi connectivity index (χ1v) is 22.3. The van der Waals surface area contributed by atoms with Crippen molar-refractivity contribution in [2.75, 3.05) is 0 Å². The van der Waals surface area contributed by atoms with E-state index in [1.807, 2.05) is 12.1 Å². The molecule has 0 aromatic heterocycles. The zero-order valence-corrected chi connectivity index (χ0v) is 38.7. The summed E-state index contributed by atoms with van der Waals surface area (Å²) in [6.07, 6.45) is 5.23. The van der Waals surface area contributed by atoms with Gasteiger partial charge in [-0.1, -0.05) is 198 Å². The summed E-state index contributed by atoms with van der Waals surface area (Å²) in [4.78, 5) is 4.85. The van der Waals surface area contributed by atoms with Crippen LogP contribution in [0, 0.1) is 34.6 Å². The summed E-state index contributed by atoms with van der Waals surface area (Å²) in [5.74, 6) is 0.659. The van der Waals surface area contributed by atoms with Gasteiger partial charge in [0, 0.05) is 16.8 Å². The number of rotatable bonds is 10. The van der Waals surface area contributed by atoms with Crippen LogP contribution in [0.5, 0.6) is 0 Å². The Balaban J connectivity index is 0.000000205. The van der Waals surface area contributed by atoms with Crippen molar-refractivity contribution in [3.05, 3.63) is 225 Å². The van der Waals surface area contributed by atoms with Gasteiger partial charge in [0.15, 0.2) is 0 Å². The molecular weight excluding hydrogens is 735 g/mol. The highest BCUT2D eigenvalue weighted by Crippen LogP contribution is 2.42. The molecule has 1 heteroatoms. The zero-order valence-electron chi connectivity index (χ0n) is 38.7. The lowest BCUT2D eigenvalue weighted by atomic mass is 9.82. The molecule has 7 aromatic rings. The van der Waals surface area contributed by atoms with E-state index >= 15 is 0 Å². The molecule has 0 saturated carbocycles. The molecule has 0 aliphatic rings. The van der Waals surface area contributed by atoms with E-state index in [4.69, 9.17) is 4.99 Å². The molecule has 0 aliphatic carbocycles. The molecule has 7 rings (SSSR count). The van der Waals surface area contributed by atoms with Crippen molar-refractivity contribution in [3.63, 3.8) is 0 Å². The first-order chi connectivity index (χ1) is 29.5. The van der Waals surface area contributed by atoms with Gasteiger partial charge in [-0.3, -0.25) is 4.99 Å². The van der Waals surface area contributed by atoms with Crippen molar-refractivity contribution < 1.29 is 0 Å². The van der Waals surface area contributed by atoms with E-state index in [9.17, 15) is 0 Å². The van der Waals surface area contributed by atoms with Crippen molar-refractivity contribution in [2.24, 2.45) is 4.99 Å². The molecule has 0 heterocycles. The molecule has 0 fully saturated rings. The van der Waals surface area contributed by atoms with Gasteiger partial charge in [-0.05, 0) is 145 Å². The molecule has 0 atom stereocenters. The highest BCUT2D eigenvalue weighted by Gasteiger charge is 2.19. The highest BCUT2D eigenvalue weighted by atomic mass is 14.8.